The lowest BCUT2D eigenvalue weighted by atomic mass is 10.1. The minimum absolute atomic E-state index is 0.0389. The number of amides is 2. The van der Waals surface area contributed by atoms with E-state index in [0.717, 1.165) is 38.3 Å². The first kappa shape index (κ1) is 17.8. The molecule has 25 heavy (non-hydrogen) atoms. The van der Waals surface area contributed by atoms with Gasteiger partial charge in [0.25, 0.3) is 0 Å². The molecule has 0 bridgehead atoms. The van der Waals surface area contributed by atoms with Gasteiger partial charge in [-0.25, -0.2) is 4.79 Å². The molecule has 2 amide bonds. The van der Waals surface area contributed by atoms with Crippen molar-refractivity contribution >= 4 is 23.2 Å². The minimum atomic E-state index is -0.461. The fourth-order valence-electron chi connectivity index (χ4n) is 3.31. The molecule has 3 rings (SSSR count). The number of rotatable bonds is 5. The van der Waals surface area contributed by atoms with Crippen LogP contribution in [0.2, 0.25) is 0 Å². The van der Waals surface area contributed by atoms with E-state index >= 15 is 0 Å². The first-order valence-corrected chi connectivity index (χ1v) is 8.89. The summed E-state index contributed by atoms with van der Waals surface area (Å²) in [5.74, 6) is -0.384. The molecule has 2 heterocycles. The van der Waals surface area contributed by atoms with E-state index in [-0.39, 0.29) is 16.9 Å². The molecule has 5 N–H and O–H groups in total. The molecule has 8 heteroatoms. The highest BCUT2D eigenvalue weighted by molar-refractivity contribution is 5.92. The van der Waals surface area contributed by atoms with Gasteiger partial charge < -0.3 is 26.2 Å². The summed E-state index contributed by atoms with van der Waals surface area (Å²) in [5.41, 5.74) is 1.42. The Kier molecular flexibility index (Phi) is 5.98. The second-order valence-corrected chi connectivity index (χ2v) is 6.65. The van der Waals surface area contributed by atoms with Crippen LogP contribution in [0, 0.1) is 5.21 Å². The molecule has 2 unspecified atom stereocenters. The van der Waals surface area contributed by atoms with Gasteiger partial charge in [0.05, 0.1) is 26.2 Å². The molecule has 0 radical (unpaired) electrons. The zero-order valence-electron chi connectivity index (χ0n) is 14.3. The summed E-state index contributed by atoms with van der Waals surface area (Å²) in [4.78, 5) is 26.3. The number of anilines is 2. The highest BCUT2D eigenvalue weighted by atomic mass is 16.5. The van der Waals surface area contributed by atoms with Crippen LogP contribution in [-0.2, 0) is 9.59 Å². The number of hydrogen-bond donors (Lipinski definition) is 4. The fourth-order valence-corrected chi connectivity index (χ4v) is 3.31. The lowest BCUT2D eigenvalue weighted by Gasteiger charge is -2.30. The summed E-state index contributed by atoms with van der Waals surface area (Å²) in [5, 5.41) is 19.5. The average molecular weight is 348 g/mol. The number of nitrogens with zero attached hydrogens (tertiary/aromatic N) is 1. The highest BCUT2D eigenvalue weighted by Crippen LogP contribution is 2.17. The lowest BCUT2D eigenvalue weighted by Crippen LogP contribution is -3.12. The molecule has 8 nitrogen and oxygen atoms in total. The molecule has 136 valence electrons. The van der Waals surface area contributed by atoms with E-state index in [1.807, 2.05) is 18.2 Å². The molecule has 1 aromatic carbocycles. The standard InChI is InChI=1S/C17H25N5O3/c23-16(12-21-9-6-18-7-10-21)20-14-4-1-3-13(11-14)19-15-5-2-8-22(25)17(15)24/h1,3-4,11,15,18-19,22H,2,5-10,12H2,(H,20,23)/p+1. The summed E-state index contributed by atoms with van der Waals surface area (Å²) in [6.07, 6.45) is 1.39. The topological polar surface area (TPSA) is 106 Å². The zero-order valence-corrected chi connectivity index (χ0v) is 14.3. The largest absolute Gasteiger partial charge is 0.627 e. The van der Waals surface area contributed by atoms with Crippen molar-refractivity contribution in [2.24, 2.45) is 0 Å². The van der Waals surface area contributed by atoms with Crippen LogP contribution < -0.4 is 21.0 Å². The van der Waals surface area contributed by atoms with E-state index in [1.165, 1.54) is 0 Å². The van der Waals surface area contributed by atoms with Crippen LogP contribution in [-0.4, -0.2) is 62.0 Å². The van der Waals surface area contributed by atoms with E-state index in [0.29, 0.717) is 25.2 Å². The molecule has 2 aliphatic rings. The molecule has 2 saturated heterocycles. The first-order chi connectivity index (χ1) is 12.1. The molecule has 0 aliphatic carbocycles. The van der Waals surface area contributed by atoms with Gasteiger partial charge in [-0.05, 0) is 31.0 Å². The summed E-state index contributed by atoms with van der Waals surface area (Å²) < 4.78 is 0. The predicted octanol–water partition coefficient (Wildman–Crippen LogP) is -2.01. The van der Waals surface area contributed by atoms with Gasteiger partial charge in [-0.15, -0.1) is 0 Å². The monoisotopic (exact) mass is 348 g/mol. The van der Waals surface area contributed by atoms with Crippen LogP contribution in [0.1, 0.15) is 12.8 Å². The number of nitrogens with one attached hydrogen (secondary N) is 3. The maximum Gasteiger partial charge on any atom is 0.334 e. The van der Waals surface area contributed by atoms with Gasteiger partial charge in [-0.2, -0.15) is 0 Å². The van der Waals surface area contributed by atoms with E-state index in [1.54, 1.807) is 6.07 Å². The normalized spacial score (nSPS) is 24.8. The van der Waals surface area contributed by atoms with Crippen molar-refractivity contribution in [1.82, 2.24) is 4.90 Å². The van der Waals surface area contributed by atoms with Crippen LogP contribution in [0.25, 0.3) is 0 Å². The minimum Gasteiger partial charge on any atom is -0.627 e. The summed E-state index contributed by atoms with van der Waals surface area (Å²) in [7, 11) is 0. The van der Waals surface area contributed by atoms with E-state index in [2.05, 4.69) is 20.9 Å². The van der Waals surface area contributed by atoms with Crippen LogP contribution >= 0.6 is 0 Å². The molecule has 0 spiro atoms. The van der Waals surface area contributed by atoms with Crippen molar-refractivity contribution in [3.05, 3.63) is 29.5 Å². The van der Waals surface area contributed by atoms with Crippen LogP contribution in [0.4, 0.5) is 11.4 Å². The zero-order chi connectivity index (χ0) is 17.6. The number of nitrogens with two attached hydrogens (primary N) is 1. The van der Waals surface area contributed by atoms with E-state index < -0.39 is 6.04 Å². The van der Waals surface area contributed by atoms with Gasteiger partial charge in [0.2, 0.25) is 5.91 Å². The summed E-state index contributed by atoms with van der Waals surface area (Å²) in [6.45, 7) is 4.64. The third-order valence-corrected chi connectivity index (χ3v) is 4.64. The number of hydrogen-bond acceptors (Lipinski definition) is 5. The van der Waals surface area contributed by atoms with Crippen molar-refractivity contribution in [3.8, 4) is 0 Å². The van der Waals surface area contributed by atoms with Crippen LogP contribution in [0.5, 0.6) is 0 Å². The number of benzene rings is 1. The van der Waals surface area contributed by atoms with E-state index in [9.17, 15) is 14.8 Å². The Hall–Kier alpha value is -2.00. The number of piperazine rings is 1. The lowest BCUT2D eigenvalue weighted by molar-refractivity contribution is -0.769. The molecule has 0 aromatic heterocycles. The number of quaternary nitrogens is 2. The quantitative estimate of drug-likeness (QED) is 0.460. The molecular formula is C17H26N5O3+. The second kappa shape index (κ2) is 8.39. The van der Waals surface area contributed by atoms with Crippen molar-refractivity contribution in [1.29, 1.82) is 0 Å². The molecule has 2 aliphatic heterocycles. The Bertz CT molecular complexity index is 618. The van der Waals surface area contributed by atoms with Gasteiger partial charge in [0.1, 0.15) is 6.04 Å². The Morgan fingerprint density at radius 3 is 2.88 bits per heavy atom. The average Bonchev–Trinajstić information content (AvgIpc) is 2.60. The molecule has 1 aromatic rings. The van der Waals surface area contributed by atoms with Gasteiger partial charge in [0.15, 0.2) is 0 Å². The van der Waals surface area contributed by atoms with Gasteiger partial charge in [-0.1, -0.05) is 6.07 Å². The predicted molar refractivity (Wildman–Crippen MR) is 94.0 cm³/mol. The van der Waals surface area contributed by atoms with Gasteiger partial charge in [0, 0.05) is 24.5 Å². The SMILES string of the molecule is O=C(CN1CC[NH2+]CC1)Nc1cccc(NC2CCC[NH+]([O-])C2=O)c1. The number of hydroxylamine groups is 2. The smallest absolute Gasteiger partial charge is 0.334 e. The van der Waals surface area contributed by atoms with Crippen molar-refractivity contribution in [2.45, 2.75) is 18.9 Å². The Labute approximate surface area is 147 Å². The summed E-state index contributed by atoms with van der Waals surface area (Å²) in [6, 6.07) is 6.82. The van der Waals surface area contributed by atoms with Crippen LogP contribution in [0.3, 0.4) is 0 Å². The maximum atomic E-state index is 12.2. The Morgan fingerprint density at radius 2 is 2.08 bits per heavy atom. The van der Waals surface area contributed by atoms with E-state index in [4.69, 9.17) is 0 Å². The highest BCUT2D eigenvalue weighted by Gasteiger charge is 2.29. The van der Waals surface area contributed by atoms with Crippen molar-refractivity contribution in [2.75, 3.05) is 49.9 Å². The van der Waals surface area contributed by atoms with Crippen LogP contribution in [0.15, 0.2) is 24.3 Å². The van der Waals surface area contributed by atoms with Crippen molar-refractivity contribution in [3.63, 3.8) is 0 Å². The third kappa shape index (κ3) is 4.99. The first-order valence-electron chi connectivity index (χ1n) is 8.89. The Morgan fingerprint density at radius 1 is 1.32 bits per heavy atom. The summed E-state index contributed by atoms with van der Waals surface area (Å²) >= 11 is 0. The van der Waals surface area contributed by atoms with Crippen molar-refractivity contribution < 1.29 is 20.0 Å². The third-order valence-electron chi connectivity index (χ3n) is 4.64. The molecular weight excluding hydrogens is 322 g/mol. The molecule has 0 saturated carbocycles. The number of piperidine rings is 1. The van der Waals surface area contributed by atoms with Gasteiger partial charge in [-0.3, -0.25) is 9.69 Å². The number of carbonyl (C=O) groups excluding carboxylic acids is 2. The fraction of sp³-hybridized carbons (Fsp3) is 0.529. The number of carbonyl (C=O) groups is 2. The molecule has 2 fully saturated rings. The molecule has 2 atom stereocenters. The Balaban J connectivity index is 1.55. The second-order valence-electron chi connectivity index (χ2n) is 6.65. The maximum absolute atomic E-state index is 12.2. The van der Waals surface area contributed by atoms with Gasteiger partial charge >= 0.3 is 5.91 Å².